The third kappa shape index (κ3) is 1.53. The lowest BCUT2D eigenvalue weighted by molar-refractivity contribution is -0.120. The summed E-state index contributed by atoms with van der Waals surface area (Å²) < 4.78 is 1.07. The lowest BCUT2D eigenvalue weighted by Crippen LogP contribution is -2.53. The van der Waals surface area contributed by atoms with Crippen molar-refractivity contribution < 1.29 is 4.79 Å². The second kappa shape index (κ2) is 3.75. The Labute approximate surface area is 97.7 Å². The van der Waals surface area contributed by atoms with E-state index in [0.717, 1.165) is 10.5 Å². The zero-order chi connectivity index (χ0) is 11.0. The normalized spacial score (nSPS) is 22.8. The third-order valence-electron chi connectivity index (χ3n) is 2.65. The number of hydrogen-bond acceptors (Lipinski definition) is 3. The van der Waals surface area contributed by atoms with Crippen molar-refractivity contribution in [1.29, 1.82) is 0 Å². The molecule has 1 atom stereocenters. The van der Waals surface area contributed by atoms with E-state index in [1.807, 2.05) is 41.8 Å². The molecule has 5 heteroatoms. The fourth-order valence-corrected chi connectivity index (χ4v) is 2.58. The van der Waals surface area contributed by atoms with Crippen LogP contribution in [0, 0.1) is 5.92 Å². The van der Waals surface area contributed by atoms with Gasteiger partial charge in [-0.15, -0.1) is 0 Å². The van der Waals surface area contributed by atoms with Gasteiger partial charge in [0.15, 0.2) is 0 Å². The molecule has 78 valence electrons. The maximum atomic E-state index is 11.9. The van der Waals surface area contributed by atoms with Gasteiger partial charge in [0, 0.05) is 10.5 Å². The van der Waals surface area contributed by atoms with Gasteiger partial charge < -0.3 is 10.1 Å². The summed E-state index contributed by atoms with van der Waals surface area (Å²) in [5, 5.41) is 4.91. The van der Waals surface area contributed by atoms with E-state index in [0.29, 0.717) is 0 Å². The highest BCUT2D eigenvalue weighted by Crippen LogP contribution is 2.14. The summed E-state index contributed by atoms with van der Waals surface area (Å²) in [6.07, 6.45) is 7.58. The molecule has 0 bridgehead atoms. The van der Waals surface area contributed by atoms with Gasteiger partial charge in [0.25, 0.3) is 0 Å². The highest BCUT2D eigenvalue weighted by Gasteiger charge is 2.33. The molecular weight excluding hydrogens is 219 g/mol. The minimum Gasteiger partial charge on any atom is -0.373 e. The molecular formula is C11H9BN2OS. The van der Waals surface area contributed by atoms with Crippen LogP contribution in [0.1, 0.15) is 0 Å². The number of nitrogens with zero attached hydrogens (tertiary/aromatic N) is 1. The number of nitrogens with one attached hydrogen (secondary N) is 1. The molecule has 2 heterocycles. The topological polar surface area (TPSA) is 41.5 Å². The van der Waals surface area contributed by atoms with Crippen LogP contribution < -0.4 is 10.0 Å². The first-order valence-corrected chi connectivity index (χ1v) is 5.99. The standard InChI is InChI=1S/C11H9BN2OS/c15-11-8-4-1-2-5-9(8)13-12(14-11)10-6-3-7-16-10/h1-8H,(H,14,15). The zero-order valence-electron chi connectivity index (χ0n) is 8.46. The van der Waals surface area contributed by atoms with E-state index in [1.165, 1.54) is 0 Å². The molecule has 0 saturated heterocycles. The summed E-state index contributed by atoms with van der Waals surface area (Å²) in [6.45, 7) is -0.213. The van der Waals surface area contributed by atoms with Gasteiger partial charge >= 0.3 is 6.98 Å². The van der Waals surface area contributed by atoms with Crippen LogP contribution in [0.5, 0.6) is 0 Å². The second-order valence-electron chi connectivity index (χ2n) is 3.70. The monoisotopic (exact) mass is 228 g/mol. The summed E-state index contributed by atoms with van der Waals surface area (Å²) >= 11 is 1.61. The van der Waals surface area contributed by atoms with Crippen LogP contribution in [-0.2, 0) is 4.79 Å². The molecule has 0 aromatic carbocycles. The Kier molecular flexibility index (Phi) is 2.25. The molecule has 16 heavy (non-hydrogen) atoms. The van der Waals surface area contributed by atoms with Crippen molar-refractivity contribution in [3.8, 4) is 0 Å². The SMILES string of the molecule is O=C1NB(c2cccs2)N=C2C=CC=CC12. The van der Waals surface area contributed by atoms with Crippen molar-refractivity contribution in [3.63, 3.8) is 0 Å². The lowest BCUT2D eigenvalue weighted by Gasteiger charge is -2.23. The summed E-state index contributed by atoms with van der Waals surface area (Å²) in [4.78, 5) is 16.4. The first kappa shape index (κ1) is 9.60. The van der Waals surface area contributed by atoms with Gasteiger partial charge in [-0.3, -0.25) is 4.79 Å². The van der Waals surface area contributed by atoms with E-state index in [4.69, 9.17) is 0 Å². The number of carbonyl (C=O) groups excluding carboxylic acids is 1. The van der Waals surface area contributed by atoms with Crippen molar-refractivity contribution in [2.45, 2.75) is 0 Å². The van der Waals surface area contributed by atoms with Crippen LogP contribution >= 0.6 is 11.3 Å². The van der Waals surface area contributed by atoms with Gasteiger partial charge in [-0.1, -0.05) is 30.4 Å². The number of rotatable bonds is 1. The maximum absolute atomic E-state index is 11.9. The molecule has 1 amide bonds. The first-order valence-electron chi connectivity index (χ1n) is 5.11. The largest absolute Gasteiger partial charge is 0.440 e. The molecule has 0 spiro atoms. The molecule has 1 unspecified atom stereocenters. The maximum Gasteiger partial charge on any atom is 0.440 e. The molecule has 0 radical (unpaired) electrons. The summed E-state index contributed by atoms with van der Waals surface area (Å²) in [5.74, 6) is -0.176. The number of fused-ring (bicyclic) bond motifs is 1. The summed E-state index contributed by atoms with van der Waals surface area (Å²) in [7, 11) is 0. The molecule has 2 aliphatic rings. The van der Waals surface area contributed by atoms with E-state index < -0.39 is 0 Å². The second-order valence-corrected chi connectivity index (χ2v) is 4.68. The molecule has 1 N–H and O–H groups in total. The molecule has 1 aromatic rings. The van der Waals surface area contributed by atoms with E-state index in [2.05, 4.69) is 10.1 Å². The minimum absolute atomic E-state index is 0.0315. The molecule has 0 saturated carbocycles. The van der Waals surface area contributed by atoms with Crippen LogP contribution in [0.15, 0.2) is 46.7 Å². The average molecular weight is 228 g/mol. The Morgan fingerprint density at radius 2 is 2.38 bits per heavy atom. The summed E-state index contributed by atoms with van der Waals surface area (Å²) in [6, 6.07) is 3.96. The van der Waals surface area contributed by atoms with Crippen molar-refractivity contribution in [3.05, 3.63) is 41.8 Å². The first-order chi connectivity index (χ1) is 7.84. The van der Waals surface area contributed by atoms with E-state index >= 15 is 0 Å². The van der Waals surface area contributed by atoms with Crippen molar-refractivity contribution in [2.75, 3.05) is 0 Å². The third-order valence-corrected chi connectivity index (χ3v) is 3.58. The van der Waals surface area contributed by atoms with Gasteiger partial charge in [-0.2, -0.15) is 11.3 Å². The van der Waals surface area contributed by atoms with Crippen LogP contribution in [-0.4, -0.2) is 18.6 Å². The Balaban J connectivity index is 1.98. The molecule has 3 rings (SSSR count). The molecule has 1 aliphatic carbocycles. The lowest BCUT2D eigenvalue weighted by atomic mass is 9.71. The highest BCUT2D eigenvalue weighted by atomic mass is 32.1. The van der Waals surface area contributed by atoms with Crippen LogP contribution in [0.3, 0.4) is 0 Å². The van der Waals surface area contributed by atoms with Crippen LogP contribution in [0.25, 0.3) is 0 Å². The highest BCUT2D eigenvalue weighted by molar-refractivity contribution is 7.21. The number of carbonyl (C=O) groups is 1. The van der Waals surface area contributed by atoms with Crippen molar-refractivity contribution in [1.82, 2.24) is 5.23 Å². The zero-order valence-corrected chi connectivity index (χ0v) is 9.28. The van der Waals surface area contributed by atoms with Gasteiger partial charge in [-0.25, -0.2) is 0 Å². The predicted octanol–water partition coefficient (Wildman–Crippen LogP) is 0.756. The van der Waals surface area contributed by atoms with Gasteiger partial charge in [-0.05, 0) is 11.5 Å². The fraction of sp³-hybridized carbons (Fsp3) is 0.0909. The van der Waals surface area contributed by atoms with Crippen LogP contribution in [0.4, 0.5) is 0 Å². The van der Waals surface area contributed by atoms with Crippen molar-refractivity contribution in [2.24, 2.45) is 10.8 Å². The minimum atomic E-state index is -0.213. The van der Waals surface area contributed by atoms with Crippen LogP contribution in [0.2, 0.25) is 0 Å². The van der Waals surface area contributed by atoms with E-state index in [-0.39, 0.29) is 18.8 Å². The summed E-state index contributed by atoms with van der Waals surface area (Å²) in [5.41, 5.74) is 0.852. The van der Waals surface area contributed by atoms with Crippen molar-refractivity contribution >= 4 is 34.7 Å². The smallest absolute Gasteiger partial charge is 0.373 e. The van der Waals surface area contributed by atoms with Gasteiger partial charge in [0.1, 0.15) is 0 Å². The number of thiophene rings is 1. The Morgan fingerprint density at radius 3 is 3.19 bits per heavy atom. The molecule has 1 aliphatic heterocycles. The van der Waals surface area contributed by atoms with E-state index in [1.54, 1.807) is 11.3 Å². The molecule has 0 fully saturated rings. The number of hydrogen-bond donors (Lipinski definition) is 1. The quantitative estimate of drug-likeness (QED) is 0.708. The predicted molar refractivity (Wildman–Crippen MR) is 67.1 cm³/mol. The molecule has 1 aromatic heterocycles. The van der Waals surface area contributed by atoms with Gasteiger partial charge in [0.2, 0.25) is 5.91 Å². The molecule has 3 nitrogen and oxygen atoms in total. The number of amides is 1. The average Bonchev–Trinajstić information content (AvgIpc) is 2.82. The fourth-order valence-electron chi connectivity index (χ4n) is 1.86. The number of allylic oxidation sites excluding steroid dienone is 3. The Hall–Kier alpha value is -1.62. The Morgan fingerprint density at radius 1 is 1.44 bits per heavy atom. The Bertz CT molecular complexity index is 504. The van der Waals surface area contributed by atoms with E-state index in [9.17, 15) is 4.79 Å². The van der Waals surface area contributed by atoms with Gasteiger partial charge in [0.05, 0.1) is 5.92 Å².